The summed E-state index contributed by atoms with van der Waals surface area (Å²) in [6, 6.07) is 7.49. The number of nitrogens with zero attached hydrogens (tertiary/aromatic N) is 3. The number of aliphatic hydroxyl groups is 1. The van der Waals surface area contributed by atoms with Crippen LogP contribution in [-0.2, 0) is 17.8 Å². The number of urea groups is 1. The minimum Gasteiger partial charge on any atom is -0.395 e. The standard InChI is InChI=1S/C20H26N6O3/c1-13-12-29-9-7-26(13)19-24-17-11-21-10-16(17)18(25-19)14-2-4-15(5-3-14)23-20(28)22-6-8-27/h2-5,13,21,27H,6-12H2,1H3,(H2,22,23,28)/t13-/m0/s1. The number of rotatable bonds is 5. The first-order valence-electron chi connectivity index (χ1n) is 9.86. The molecule has 3 heterocycles. The Hall–Kier alpha value is -2.75. The number of anilines is 2. The molecule has 0 aliphatic carbocycles. The number of morpholine rings is 1. The highest BCUT2D eigenvalue weighted by atomic mass is 16.5. The van der Waals surface area contributed by atoms with Gasteiger partial charge in [-0.3, -0.25) is 0 Å². The zero-order chi connectivity index (χ0) is 20.2. The van der Waals surface area contributed by atoms with Crippen molar-refractivity contribution in [3.8, 4) is 11.3 Å². The van der Waals surface area contributed by atoms with Crippen LogP contribution in [0.4, 0.5) is 16.4 Å². The molecule has 1 aromatic heterocycles. The summed E-state index contributed by atoms with van der Waals surface area (Å²) in [4.78, 5) is 23.7. The van der Waals surface area contributed by atoms with E-state index in [1.165, 1.54) is 0 Å². The number of carbonyl (C=O) groups is 1. The van der Waals surface area contributed by atoms with Gasteiger partial charge >= 0.3 is 6.03 Å². The third-order valence-corrected chi connectivity index (χ3v) is 5.11. The van der Waals surface area contributed by atoms with Gasteiger partial charge in [-0.25, -0.2) is 14.8 Å². The number of fused-ring (bicyclic) bond motifs is 1. The van der Waals surface area contributed by atoms with Gasteiger partial charge in [-0.2, -0.15) is 0 Å². The number of nitrogens with one attached hydrogen (secondary N) is 3. The van der Waals surface area contributed by atoms with E-state index in [9.17, 15) is 4.79 Å². The molecule has 154 valence electrons. The van der Waals surface area contributed by atoms with Crippen LogP contribution in [0.15, 0.2) is 24.3 Å². The van der Waals surface area contributed by atoms with Gasteiger partial charge in [0.1, 0.15) is 0 Å². The number of aromatic nitrogens is 2. The Balaban J connectivity index is 1.60. The summed E-state index contributed by atoms with van der Waals surface area (Å²) >= 11 is 0. The Morgan fingerprint density at radius 1 is 1.31 bits per heavy atom. The highest BCUT2D eigenvalue weighted by Gasteiger charge is 2.26. The zero-order valence-electron chi connectivity index (χ0n) is 16.4. The molecule has 2 aromatic rings. The fraction of sp³-hybridized carbons (Fsp3) is 0.450. The second-order valence-corrected chi connectivity index (χ2v) is 7.20. The summed E-state index contributed by atoms with van der Waals surface area (Å²) in [6.07, 6.45) is 0. The summed E-state index contributed by atoms with van der Waals surface area (Å²) < 4.78 is 5.55. The molecule has 0 radical (unpaired) electrons. The Kier molecular flexibility index (Phi) is 5.89. The smallest absolute Gasteiger partial charge is 0.319 e. The molecule has 2 amide bonds. The van der Waals surface area contributed by atoms with Gasteiger partial charge in [-0.15, -0.1) is 0 Å². The van der Waals surface area contributed by atoms with Crippen molar-refractivity contribution in [2.75, 3.05) is 43.1 Å². The number of hydrogen-bond acceptors (Lipinski definition) is 7. The lowest BCUT2D eigenvalue weighted by Crippen LogP contribution is -2.44. The quantitative estimate of drug-likeness (QED) is 0.596. The maximum Gasteiger partial charge on any atom is 0.319 e. The molecule has 4 N–H and O–H groups in total. The largest absolute Gasteiger partial charge is 0.395 e. The van der Waals surface area contributed by atoms with Gasteiger partial charge in [0.05, 0.1) is 37.3 Å². The average Bonchev–Trinajstić information content (AvgIpc) is 3.21. The number of ether oxygens (including phenoxy) is 1. The fourth-order valence-electron chi connectivity index (χ4n) is 3.60. The maximum absolute atomic E-state index is 11.8. The van der Waals surface area contributed by atoms with Crippen LogP contribution in [0.5, 0.6) is 0 Å². The summed E-state index contributed by atoms with van der Waals surface area (Å²) in [7, 11) is 0. The first-order chi connectivity index (χ1) is 14.2. The molecule has 2 aliphatic rings. The molecule has 29 heavy (non-hydrogen) atoms. The molecule has 1 saturated heterocycles. The lowest BCUT2D eigenvalue weighted by atomic mass is 10.1. The molecule has 1 atom stereocenters. The molecule has 1 fully saturated rings. The van der Waals surface area contributed by atoms with Crippen molar-refractivity contribution in [1.29, 1.82) is 0 Å². The van der Waals surface area contributed by atoms with E-state index >= 15 is 0 Å². The average molecular weight is 398 g/mol. The SMILES string of the molecule is C[C@H]1COCCN1c1nc2c(c(-c3ccc(NC(=O)NCCO)cc3)n1)CNC2. The van der Waals surface area contributed by atoms with Crippen LogP contribution in [0.1, 0.15) is 18.2 Å². The molecular weight excluding hydrogens is 372 g/mol. The van der Waals surface area contributed by atoms with Gasteiger partial charge < -0.3 is 30.7 Å². The summed E-state index contributed by atoms with van der Waals surface area (Å²) in [6.45, 7) is 5.85. The molecule has 0 bridgehead atoms. The summed E-state index contributed by atoms with van der Waals surface area (Å²) in [5, 5.41) is 17.5. The maximum atomic E-state index is 11.8. The second-order valence-electron chi connectivity index (χ2n) is 7.20. The summed E-state index contributed by atoms with van der Waals surface area (Å²) in [5.41, 5.74) is 4.74. The zero-order valence-corrected chi connectivity index (χ0v) is 16.4. The van der Waals surface area contributed by atoms with Crippen LogP contribution >= 0.6 is 0 Å². The van der Waals surface area contributed by atoms with E-state index in [2.05, 4.69) is 27.8 Å². The van der Waals surface area contributed by atoms with E-state index in [4.69, 9.17) is 19.8 Å². The molecule has 2 aliphatic heterocycles. The van der Waals surface area contributed by atoms with Gasteiger partial charge in [0.2, 0.25) is 5.95 Å². The van der Waals surface area contributed by atoms with Gasteiger partial charge in [0, 0.05) is 43.0 Å². The summed E-state index contributed by atoms with van der Waals surface area (Å²) in [5.74, 6) is 0.740. The number of hydrogen-bond donors (Lipinski definition) is 4. The monoisotopic (exact) mass is 398 g/mol. The molecule has 9 heteroatoms. The highest BCUT2D eigenvalue weighted by molar-refractivity contribution is 5.89. The molecule has 0 unspecified atom stereocenters. The van der Waals surface area contributed by atoms with E-state index in [0.29, 0.717) is 18.9 Å². The van der Waals surface area contributed by atoms with Crippen LogP contribution in [0, 0.1) is 0 Å². The topological polar surface area (TPSA) is 112 Å². The van der Waals surface area contributed by atoms with Crippen LogP contribution in [0.2, 0.25) is 0 Å². The van der Waals surface area contributed by atoms with E-state index in [1.807, 2.05) is 24.3 Å². The van der Waals surface area contributed by atoms with Crippen LogP contribution in [0.3, 0.4) is 0 Å². The van der Waals surface area contributed by atoms with Gasteiger partial charge in [0.15, 0.2) is 0 Å². The predicted octanol–water partition coefficient (Wildman–Crippen LogP) is 1.09. The number of amides is 2. The van der Waals surface area contributed by atoms with E-state index in [0.717, 1.165) is 48.1 Å². The lowest BCUT2D eigenvalue weighted by molar-refractivity contribution is 0.0981. The first kappa shape index (κ1) is 19.6. The predicted molar refractivity (Wildman–Crippen MR) is 110 cm³/mol. The third kappa shape index (κ3) is 4.31. The van der Waals surface area contributed by atoms with Gasteiger partial charge in [-0.1, -0.05) is 12.1 Å². The number of carbonyl (C=O) groups excluding carboxylic acids is 1. The van der Waals surface area contributed by atoms with Crippen molar-refractivity contribution >= 4 is 17.7 Å². The van der Waals surface area contributed by atoms with Crippen LogP contribution in [0.25, 0.3) is 11.3 Å². The van der Waals surface area contributed by atoms with E-state index in [-0.39, 0.29) is 25.2 Å². The van der Waals surface area contributed by atoms with Crippen molar-refractivity contribution in [2.45, 2.75) is 26.1 Å². The van der Waals surface area contributed by atoms with Crippen molar-refractivity contribution in [3.05, 3.63) is 35.5 Å². The fourth-order valence-corrected chi connectivity index (χ4v) is 3.60. The Morgan fingerprint density at radius 2 is 2.14 bits per heavy atom. The normalized spacial score (nSPS) is 18.4. The van der Waals surface area contributed by atoms with Crippen LogP contribution in [-0.4, -0.2) is 60.1 Å². The first-order valence-corrected chi connectivity index (χ1v) is 9.86. The molecular formula is C20H26N6O3. The molecule has 0 spiro atoms. The minimum absolute atomic E-state index is 0.0939. The van der Waals surface area contributed by atoms with Gasteiger partial charge in [0.25, 0.3) is 0 Å². The lowest BCUT2D eigenvalue weighted by Gasteiger charge is -2.33. The third-order valence-electron chi connectivity index (χ3n) is 5.11. The molecule has 9 nitrogen and oxygen atoms in total. The second kappa shape index (κ2) is 8.73. The highest BCUT2D eigenvalue weighted by Crippen LogP contribution is 2.30. The Morgan fingerprint density at radius 3 is 2.90 bits per heavy atom. The molecule has 1 aromatic carbocycles. The van der Waals surface area contributed by atoms with Crippen molar-refractivity contribution in [3.63, 3.8) is 0 Å². The van der Waals surface area contributed by atoms with Crippen molar-refractivity contribution in [1.82, 2.24) is 20.6 Å². The molecule has 0 saturated carbocycles. The van der Waals surface area contributed by atoms with Crippen molar-refractivity contribution < 1.29 is 14.6 Å². The minimum atomic E-state index is -0.345. The number of aliphatic hydroxyl groups excluding tert-OH is 1. The molecule has 4 rings (SSSR count). The number of benzene rings is 1. The van der Waals surface area contributed by atoms with Crippen LogP contribution < -0.4 is 20.9 Å². The Bertz CT molecular complexity index is 873. The van der Waals surface area contributed by atoms with E-state index < -0.39 is 0 Å². The Labute approximate surface area is 169 Å². The van der Waals surface area contributed by atoms with E-state index in [1.54, 1.807) is 0 Å². The van der Waals surface area contributed by atoms with Gasteiger partial charge in [-0.05, 0) is 19.1 Å². The van der Waals surface area contributed by atoms with Crippen molar-refractivity contribution in [2.24, 2.45) is 0 Å².